The molecule has 4 heteroatoms. The van der Waals surface area contributed by atoms with Gasteiger partial charge in [0.25, 0.3) is 5.91 Å². The molecule has 74 valence electrons. The highest BCUT2D eigenvalue weighted by Crippen LogP contribution is 2.20. The van der Waals surface area contributed by atoms with E-state index in [0.29, 0.717) is 22.8 Å². The zero-order valence-corrected chi connectivity index (χ0v) is 8.34. The van der Waals surface area contributed by atoms with Gasteiger partial charge in [-0.1, -0.05) is 17.7 Å². The maximum atomic E-state index is 11.0. The van der Waals surface area contributed by atoms with Gasteiger partial charge in [0.2, 0.25) is 0 Å². The molecule has 0 bridgehead atoms. The number of hydrogen-bond acceptors (Lipinski definition) is 2. The van der Waals surface area contributed by atoms with Gasteiger partial charge < -0.3 is 11.1 Å². The molecule has 1 aromatic carbocycles. The molecule has 3 N–H and O–H groups in total. The van der Waals surface area contributed by atoms with Crippen molar-refractivity contribution in [2.24, 2.45) is 5.73 Å². The molecule has 0 heterocycles. The van der Waals surface area contributed by atoms with Gasteiger partial charge in [-0.2, -0.15) is 0 Å². The molecule has 14 heavy (non-hydrogen) atoms. The highest BCUT2D eigenvalue weighted by molar-refractivity contribution is 6.31. The van der Waals surface area contributed by atoms with Gasteiger partial charge in [0.15, 0.2) is 0 Å². The first-order valence-electron chi connectivity index (χ1n) is 4.09. The summed E-state index contributed by atoms with van der Waals surface area (Å²) in [7, 11) is 0. The number of halogens is 1. The molecule has 0 saturated heterocycles. The van der Waals surface area contributed by atoms with Crippen LogP contribution in [0.3, 0.4) is 0 Å². The smallest absolute Gasteiger partial charge is 0.250 e. The van der Waals surface area contributed by atoms with Crippen molar-refractivity contribution in [3.8, 4) is 0 Å². The lowest BCUT2D eigenvalue weighted by Crippen LogP contribution is -2.14. The van der Waals surface area contributed by atoms with Crippen LogP contribution in [0.25, 0.3) is 0 Å². The highest BCUT2D eigenvalue weighted by atomic mass is 35.5. The van der Waals surface area contributed by atoms with Crippen LogP contribution in [0.1, 0.15) is 10.4 Å². The lowest BCUT2D eigenvalue weighted by Gasteiger charge is -2.08. The molecule has 3 nitrogen and oxygen atoms in total. The second-order valence-electron chi connectivity index (χ2n) is 2.72. The third kappa shape index (κ3) is 2.50. The van der Waals surface area contributed by atoms with Gasteiger partial charge in [-0.15, -0.1) is 6.58 Å². The summed E-state index contributed by atoms with van der Waals surface area (Å²) in [5.74, 6) is -0.478. The Balaban J connectivity index is 3.02. The molecule has 0 unspecified atom stereocenters. The number of hydrogen-bond donors (Lipinski definition) is 2. The Labute approximate surface area is 87.6 Å². The third-order valence-electron chi connectivity index (χ3n) is 1.68. The van der Waals surface area contributed by atoms with Crippen molar-refractivity contribution in [1.82, 2.24) is 0 Å². The number of amides is 1. The maximum absolute atomic E-state index is 11.0. The second kappa shape index (κ2) is 4.67. The van der Waals surface area contributed by atoms with Crippen molar-refractivity contribution in [2.75, 3.05) is 11.9 Å². The first kappa shape index (κ1) is 10.6. The summed E-state index contributed by atoms with van der Waals surface area (Å²) < 4.78 is 0. The average Bonchev–Trinajstić information content (AvgIpc) is 2.14. The number of rotatable bonds is 4. The van der Waals surface area contributed by atoms with Crippen LogP contribution in [-0.2, 0) is 0 Å². The van der Waals surface area contributed by atoms with E-state index in [1.165, 1.54) is 0 Å². The Bertz CT molecular complexity index is 363. The molecule has 1 amide bonds. The van der Waals surface area contributed by atoms with E-state index in [1.54, 1.807) is 24.3 Å². The summed E-state index contributed by atoms with van der Waals surface area (Å²) in [5, 5.41) is 3.54. The average molecular weight is 211 g/mol. The number of nitrogens with one attached hydrogen (secondary N) is 1. The second-order valence-corrected chi connectivity index (χ2v) is 3.16. The molecule has 0 atom stereocenters. The van der Waals surface area contributed by atoms with Gasteiger partial charge in [-0.25, -0.2) is 0 Å². The van der Waals surface area contributed by atoms with Crippen LogP contribution in [0.4, 0.5) is 5.69 Å². The zero-order valence-electron chi connectivity index (χ0n) is 7.59. The quantitative estimate of drug-likeness (QED) is 0.748. The van der Waals surface area contributed by atoms with E-state index in [0.717, 1.165) is 0 Å². The molecule has 1 rings (SSSR count). The molecule has 0 aliphatic rings. The van der Waals surface area contributed by atoms with Crippen LogP contribution in [0.5, 0.6) is 0 Å². The Morgan fingerprint density at radius 2 is 2.36 bits per heavy atom. The number of benzene rings is 1. The van der Waals surface area contributed by atoms with E-state index < -0.39 is 5.91 Å². The number of carbonyl (C=O) groups is 1. The molecule has 1 aromatic rings. The maximum Gasteiger partial charge on any atom is 0.250 e. The van der Waals surface area contributed by atoms with Crippen molar-refractivity contribution in [2.45, 2.75) is 0 Å². The van der Waals surface area contributed by atoms with Gasteiger partial charge in [0.05, 0.1) is 5.56 Å². The topological polar surface area (TPSA) is 55.1 Å². The summed E-state index contributed by atoms with van der Waals surface area (Å²) in [6.45, 7) is 4.12. The Hall–Kier alpha value is -1.48. The van der Waals surface area contributed by atoms with E-state index in [1.807, 2.05) is 0 Å². The zero-order chi connectivity index (χ0) is 10.6. The summed E-state index contributed by atoms with van der Waals surface area (Å²) in [6.07, 6.45) is 1.69. The molecule has 0 aromatic heterocycles. The van der Waals surface area contributed by atoms with E-state index in [4.69, 9.17) is 17.3 Å². The van der Waals surface area contributed by atoms with Gasteiger partial charge in [0.1, 0.15) is 0 Å². The summed E-state index contributed by atoms with van der Waals surface area (Å²) in [5.41, 5.74) is 6.25. The number of primary amides is 1. The Morgan fingerprint density at radius 1 is 1.64 bits per heavy atom. The van der Waals surface area contributed by atoms with Gasteiger partial charge in [-0.05, 0) is 18.2 Å². The monoisotopic (exact) mass is 210 g/mol. The van der Waals surface area contributed by atoms with Crippen LogP contribution >= 0.6 is 11.6 Å². The fourth-order valence-corrected chi connectivity index (χ4v) is 1.23. The van der Waals surface area contributed by atoms with Crippen LogP contribution < -0.4 is 11.1 Å². The first-order chi connectivity index (χ1) is 6.65. The van der Waals surface area contributed by atoms with Gasteiger partial charge >= 0.3 is 0 Å². The number of nitrogens with two attached hydrogens (primary N) is 1. The summed E-state index contributed by atoms with van der Waals surface area (Å²) >= 11 is 5.78. The highest BCUT2D eigenvalue weighted by Gasteiger charge is 2.07. The summed E-state index contributed by atoms with van der Waals surface area (Å²) in [6, 6.07) is 4.88. The molecule has 0 saturated carbocycles. The molecule has 0 fully saturated rings. The van der Waals surface area contributed by atoms with Crippen molar-refractivity contribution in [3.63, 3.8) is 0 Å². The predicted octanol–water partition coefficient (Wildman–Crippen LogP) is 2.04. The lowest BCUT2D eigenvalue weighted by molar-refractivity contribution is 0.100. The molecule has 0 aliphatic heterocycles. The standard InChI is InChI=1S/C10H11ClN2O/c1-2-5-13-9-6-7(11)3-4-8(9)10(12)14/h2-4,6,13H,1,5H2,(H2,12,14). The third-order valence-corrected chi connectivity index (χ3v) is 1.92. The Kier molecular flexibility index (Phi) is 3.54. The molecular weight excluding hydrogens is 200 g/mol. The van der Waals surface area contributed by atoms with Crippen LogP contribution in [-0.4, -0.2) is 12.5 Å². The van der Waals surface area contributed by atoms with Crippen LogP contribution in [0, 0.1) is 0 Å². The largest absolute Gasteiger partial charge is 0.381 e. The summed E-state index contributed by atoms with van der Waals surface area (Å²) in [4.78, 5) is 11.0. The molecular formula is C10H11ClN2O. The van der Waals surface area contributed by atoms with Crippen molar-refractivity contribution in [1.29, 1.82) is 0 Å². The lowest BCUT2D eigenvalue weighted by atomic mass is 10.1. The minimum absolute atomic E-state index is 0.427. The predicted molar refractivity (Wildman–Crippen MR) is 58.7 cm³/mol. The minimum Gasteiger partial charge on any atom is -0.381 e. The number of anilines is 1. The van der Waals surface area contributed by atoms with Gasteiger partial charge in [-0.3, -0.25) is 4.79 Å². The van der Waals surface area contributed by atoms with Crippen molar-refractivity contribution < 1.29 is 4.79 Å². The molecule has 0 radical (unpaired) electrons. The number of carbonyl (C=O) groups excluding carboxylic acids is 1. The van der Waals surface area contributed by atoms with Crippen LogP contribution in [0.15, 0.2) is 30.9 Å². The fraction of sp³-hybridized carbons (Fsp3) is 0.100. The molecule has 0 spiro atoms. The minimum atomic E-state index is -0.478. The first-order valence-corrected chi connectivity index (χ1v) is 4.47. The van der Waals surface area contributed by atoms with Crippen LogP contribution in [0.2, 0.25) is 5.02 Å². The van der Waals surface area contributed by atoms with Crippen molar-refractivity contribution >= 4 is 23.2 Å². The SMILES string of the molecule is C=CCNc1cc(Cl)ccc1C(N)=O. The van der Waals surface area contributed by atoms with E-state index in [9.17, 15) is 4.79 Å². The van der Waals surface area contributed by atoms with Crippen molar-refractivity contribution in [3.05, 3.63) is 41.4 Å². The van der Waals surface area contributed by atoms with E-state index in [-0.39, 0.29) is 0 Å². The normalized spacial score (nSPS) is 9.50. The fourth-order valence-electron chi connectivity index (χ4n) is 1.06. The molecule has 0 aliphatic carbocycles. The van der Waals surface area contributed by atoms with E-state index >= 15 is 0 Å². The van der Waals surface area contributed by atoms with Gasteiger partial charge in [0, 0.05) is 17.3 Å². The Morgan fingerprint density at radius 3 is 2.93 bits per heavy atom. The van der Waals surface area contributed by atoms with E-state index in [2.05, 4.69) is 11.9 Å².